The molecule has 0 spiro atoms. The Bertz CT molecular complexity index is 668. The summed E-state index contributed by atoms with van der Waals surface area (Å²) in [5.74, 6) is 3.01. The van der Waals surface area contributed by atoms with E-state index < -0.39 is 0 Å². The fraction of sp³-hybridized carbons (Fsp3) is 0.600. The first-order valence-corrected chi connectivity index (χ1v) is 9.15. The second kappa shape index (κ2) is 4.84. The van der Waals surface area contributed by atoms with Crippen LogP contribution >= 0.6 is 0 Å². The Morgan fingerprint density at radius 2 is 0.958 bits per heavy atom. The van der Waals surface area contributed by atoms with Crippen molar-refractivity contribution in [1.29, 1.82) is 0 Å². The van der Waals surface area contributed by atoms with Gasteiger partial charge in [0.15, 0.2) is 0 Å². The monoisotopic (exact) mass is 326 g/mol. The number of fused-ring (bicyclic) bond motifs is 10. The molecule has 0 unspecified atom stereocenters. The molecule has 1 aromatic rings. The topological polar surface area (TPSA) is 52.6 Å². The molecule has 24 heavy (non-hydrogen) atoms. The van der Waals surface area contributed by atoms with Crippen molar-refractivity contribution in [1.82, 2.24) is 0 Å². The normalized spacial score (nSPS) is 31.1. The predicted octanol–water partition coefficient (Wildman–Crippen LogP) is 4.27. The predicted molar refractivity (Wildman–Crippen MR) is 87.7 cm³/mol. The summed E-state index contributed by atoms with van der Waals surface area (Å²) in [4.78, 5) is 23.6. The Morgan fingerprint density at radius 1 is 0.667 bits per heavy atom. The minimum atomic E-state index is -0.245. The molecule has 4 aliphatic rings. The van der Waals surface area contributed by atoms with Crippen molar-refractivity contribution in [3.05, 3.63) is 22.3 Å². The maximum absolute atomic E-state index is 11.8. The van der Waals surface area contributed by atoms with E-state index in [2.05, 4.69) is 0 Å². The number of carbonyl (C=O) groups is 2. The molecule has 1 aromatic carbocycles. The smallest absolute Gasteiger partial charge is 0.308 e. The van der Waals surface area contributed by atoms with Crippen molar-refractivity contribution in [2.24, 2.45) is 0 Å². The first-order chi connectivity index (χ1) is 11.5. The standard InChI is InChI=1S/C20H22O4/c1-9(21)23-19-15-11-3-5-13(7-11)17(15)20(24-10(2)22)18-14-6-4-12(8-14)16(18)19/h11-14H,3-8H2,1-2H3/t11-,12+,13+,14-. The molecule has 0 N–H and O–H groups in total. The van der Waals surface area contributed by atoms with E-state index in [1.807, 2.05) is 0 Å². The lowest BCUT2D eigenvalue weighted by Gasteiger charge is -2.28. The second-order valence-corrected chi connectivity index (χ2v) is 7.91. The third kappa shape index (κ3) is 1.80. The fourth-order valence-corrected chi connectivity index (χ4v) is 5.92. The SMILES string of the molecule is CC(=O)Oc1c2c(c(OC(C)=O)c3c1[C@H]1CC[C@@H]3C1)[C@H]1CC[C@@H]2C1. The molecular formula is C20H22O4. The maximum Gasteiger partial charge on any atom is 0.308 e. The highest BCUT2D eigenvalue weighted by molar-refractivity contribution is 5.78. The van der Waals surface area contributed by atoms with E-state index in [-0.39, 0.29) is 11.9 Å². The zero-order chi connectivity index (χ0) is 16.6. The van der Waals surface area contributed by atoms with Gasteiger partial charge < -0.3 is 9.47 Å². The fourth-order valence-electron chi connectivity index (χ4n) is 5.92. The minimum absolute atomic E-state index is 0.245. The number of hydrogen-bond acceptors (Lipinski definition) is 4. The van der Waals surface area contributed by atoms with Gasteiger partial charge >= 0.3 is 11.9 Å². The Balaban J connectivity index is 1.81. The van der Waals surface area contributed by atoms with E-state index in [9.17, 15) is 9.59 Å². The van der Waals surface area contributed by atoms with Gasteiger partial charge in [-0.1, -0.05) is 0 Å². The molecule has 0 radical (unpaired) electrons. The molecule has 5 rings (SSSR count). The Morgan fingerprint density at radius 3 is 1.21 bits per heavy atom. The van der Waals surface area contributed by atoms with Crippen molar-refractivity contribution in [2.45, 2.75) is 76.0 Å². The maximum atomic E-state index is 11.8. The molecule has 0 aromatic heterocycles. The van der Waals surface area contributed by atoms with Crippen LogP contribution in [-0.4, -0.2) is 11.9 Å². The summed E-state index contributed by atoms with van der Waals surface area (Å²) in [6, 6.07) is 0. The van der Waals surface area contributed by atoms with E-state index in [1.165, 1.54) is 36.1 Å². The first-order valence-electron chi connectivity index (χ1n) is 9.15. The molecule has 2 fully saturated rings. The van der Waals surface area contributed by atoms with Gasteiger partial charge in [0, 0.05) is 36.1 Å². The lowest BCUT2D eigenvalue weighted by Crippen LogP contribution is -2.16. The van der Waals surface area contributed by atoms with Gasteiger partial charge in [-0.2, -0.15) is 0 Å². The van der Waals surface area contributed by atoms with Crippen LogP contribution < -0.4 is 9.47 Å². The lowest BCUT2D eigenvalue weighted by atomic mass is 9.81. The van der Waals surface area contributed by atoms with Gasteiger partial charge in [-0.3, -0.25) is 9.59 Å². The lowest BCUT2D eigenvalue weighted by molar-refractivity contribution is -0.133. The second-order valence-electron chi connectivity index (χ2n) is 7.91. The van der Waals surface area contributed by atoms with Crippen LogP contribution in [0.15, 0.2) is 0 Å². The van der Waals surface area contributed by atoms with Crippen LogP contribution in [0.5, 0.6) is 11.5 Å². The van der Waals surface area contributed by atoms with Gasteiger partial charge in [-0.15, -0.1) is 0 Å². The van der Waals surface area contributed by atoms with Crippen molar-refractivity contribution in [2.75, 3.05) is 0 Å². The van der Waals surface area contributed by atoms with Crippen LogP contribution in [0.2, 0.25) is 0 Å². The van der Waals surface area contributed by atoms with Gasteiger partial charge in [-0.25, -0.2) is 0 Å². The van der Waals surface area contributed by atoms with Gasteiger partial charge in [0.25, 0.3) is 0 Å². The highest BCUT2D eigenvalue weighted by atomic mass is 16.5. The quantitative estimate of drug-likeness (QED) is 0.602. The average molecular weight is 326 g/mol. The molecule has 4 bridgehead atoms. The van der Waals surface area contributed by atoms with Crippen molar-refractivity contribution in [3.63, 3.8) is 0 Å². The van der Waals surface area contributed by atoms with Gasteiger partial charge in [0.1, 0.15) is 11.5 Å². The largest absolute Gasteiger partial charge is 0.426 e. The molecule has 4 nitrogen and oxygen atoms in total. The van der Waals surface area contributed by atoms with Gasteiger partial charge in [-0.05, 0) is 62.2 Å². The molecule has 0 heterocycles. The third-order valence-corrected chi connectivity index (χ3v) is 6.55. The Kier molecular flexibility index (Phi) is 2.92. The molecule has 0 amide bonds. The van der Waals surface area contributed by atoms with Gasteiger partial charge in [0.2, 0.25) is 0 Å². The molecule has 2 saturated carbocycles. The molecule has 0 aliphatic heterocycles. The zero-order valence-electron chi connectivity index (χ0n) is 14.2. The zero-order valence-corrected chi connectivity index (χ0v) is 14.2. The molecule has 0 saturated heterocycles. The molecular weight excluding hydrogens is 304 g/mol. The highest BCUT2D eigenvalue weighted by Gasteiger charge is 2.50. The van der Waals surface area contributed by atoms with Crippen LogP contribution in [-0.2, 0) is 9.59 Å². The molecule has 4 heteroatoms. The van der Waals surface area contributed by atoms with Crippen LogP contribution in [0.3, 0.4) is 0 Å². The van der Waals surface area contributed by atoms with Crippen molar-refractivity contribution >= 4 is 11.9 Å². The van der Waals surface area contributed by atoms with Crippen LogP contribution in [0.1, 0.15) is 98.3 Å². The van der Waals surface area contributed by atoms with E-state index in [0.29, 0.717) is 23.7 Å². The summed E-state index contributed by atoms with van der Waals surface area (Å²) < 4.78 is 11.6. The summed E-state index contributed by atoms with van der Waals surface area (Å²) >= 11 is 0. The van der Waals surface area contributed by atoms with Crippen LogP contribution in [0.25, 0.3) is 0 Å². The van der Waals surface area contributed by atoms with E-state index >= 15 is 0 Å². The Hall–Kier alpha value is -1.84. The summed E-state index contributed by atoms with van der Waals surface area (Å²) in [7, 11) is 0. The summed E-state index contributed by atoms with van der Waals surface area (Å²) in [6.07, 6.45) is 6.82. The first kappa shape index (κ1) is 14.5. The molecule has 4 aliphatic carbocycles. The van der Waals surface area contributed by atoms with E-state index in [0.717, 1.165) is 50.0 Å². The number of benzene rings is 1. The minimum Gasteiger partial charge on any atom is -0.426 e. The third-order valence-electron chi connectivity index (χ3n) is 6.55. The number of hydrogen-bond donors (Lipinski definition) is 0. The number of ether oxygens (including phenoxy) is 2. The number of rotatable bonds is 2. The molecule has 4 atom stereocenters. The van der Waals surface area contributed by atoms with Gasteiger partial charge in [0.05, 0.1) is 0 Å². The summed E-state index contributed by atoms with van der Waals surface area (Å²) in [5, 5.41) is 0. The molecule has 126 valence electrons. The van der Waals surface area contributed by atoms with E-state index in [1.54, 1.807) is 0 Å². The average Bonchev–Trinajstić information content (AvgIpc) is 3.27. The van der Waals surface area contributed by atoms with Crippen LogP contribution in [0.4, 0.5) is 0 Å². The van der Waals surface area contributed by atoms with Crippen LogP contribution in [0, 0.1) is 0 Å². The highest BCUT2D eigenvalue weighted by Crippen LogP contribution is 2.67. The Labute approximate surface area is 141 Å². The van der Waals surface area contributed by atoms with Crippen molar-refractivity contribution < 1.29 is 19.1 Å². The number of carbonyl (C=O) groups excluding carboxylic acids is 2. The summed E-state index contributed by atoms with van der Waals surface area (Å²) in [6.45, 7) is 2.97. The van der Waals surface area contributed by atoms with E-state index in [4.69, 9.17) is 9.47 Å². The summed E-state index contributed by atoms with van der Waals surface area (Å²) in [5.41, 5.74) is 4.74. The van der Waals surface area contributed by atoms with Crippen molar-refractivity contribution in [3.8, 4) is 11.5 Å². The number of esters is 2.